The Morgan fingerprint density at radius 3 is 2.47 bits per heavy atom. The van der Waals surface area contributed by atoms with Crippen molar-refractivity contribution in [3.05, 3.63) is 0 Å². The molecule has 0 aromatic heterocycles. The van der Waals surface area contributed by atoms with Crippen molar-refractivity contribution in [2.75, 3.05) is 47.0 Å². The molecule has 0 bridgehead atoms. The van der Waals surface area contributed by atoms with Gasteiger partial charge in [-0.3, -0.25) is 9.69 Å². The molecule has 0 aliphatic heterocycles. The molecule has 0 spiro atoms. The Kier molecular flexibility index (Phi) is 8.97. The molecule has 1 N–H and O–H groups in total. The highest BCUT2D eigenvalue weighted by molar-refractivity contribution is 5.80. The fourth-order valence-corrected chi connectivity index (χ4v) is 1.95. The summed E-state index contributed by atoms with van der Waals surface area (Å²) in [5.41, 5.74) is -0.682. The van der Waals surface area contributed by atoms with Gasteiger partial charge in [0.2, 0.25) is 0 Å². The molecular weight excluding hydrogens is 244 g/mol. The Bertz CT molecular complexity index is 259. The fraction of sp³-hybridized carbons (Fsp3) is 0.929. The lowest BCUT2D eigenvalue weighted by molar-refractivity contribution is -0.151. The van der Waals surface area contributed by atoms with E-state index in [1.54, 1.807) is 14.2 Å². The lowest BCUT2D eigenvalue weighted by Gasteiger charge is -2.34. The van der Waals surface area contributed by atoms with Crippen LogP contribution in [0.4, 0.5) is 0 Å². The van der Waals surface area contributed by atoms with E-state index >= 15 is 0 Å². The third-order valence-electron chi connectivity index (χ3n) is 3.05. The third-order valence-corrected chi connectivity index (χ3v) is 3.05. The van der Waals surface area contributed by atoms with E-state index in [0.717, 1.165) is 13.1 Å². The Hall–Kier alpha value is -0.650. The number of nitrogens with one attached hydrogen (secondary N) is 1. The van der Waals surface area contributed by atoms with Crippen LogP contribution >= 0.6 is 0 Å². The van der Waals surface area contributed by atoms with E-state index in [1.807, 2.05) is 13.8 Å². The number of methoxy groups -OCH3 is 1. The smallest absolute Gasteiger partial charge is 0.327 e. The topological polar surface area (TPSA) is 50.8 Å². The molecule has 5 nitrogen and oxygen atoms in total. The zero-order chi connectivity index (χ0) is 14.9. The first-order chi connectivity index (χ1) is 8.89. The maximum atomic E-state index is 12.0. The molecule has 0 saturated heterocycles. The zero-order valence-electron chi connectivity index (χ0n) is 13.3. The molecule has 114 valence electrons. The second-order valence-electron chi connectivity index (χ2n) is 5.42. The monoisotopic (exact) mass is 274 g/mol. The molecule has 0 saturated carbocycles. The number of nitrogens with zero attached hydrogens (tertiary/aromatic N) is 1. The number of carbonyl (C=O) groups excluding carboxylic acids is 1. The van der Waals surface area contributed by atoms with Crippen molar-refractivity contribution >= 4 is 5.97 Å². The Labute approximate surface area is 117 Å². The van der Waals surface area contributed by atoms with Crippen molar-refractivity contribution in [3.63, 3.8) is 0 Å². The molecule has 1 atom stereocenters. The first kappa shape index (κ1) is 18.4. The molecule has 1 unspecified atom stereocenters. The Balaban J connectivity index is 4.68. The Morgan fingerprint density at radius 1 is 1.42 bits per heavy atom. The summed E-state index contributed by atoms with van der Waals surface area (Å²) in [6.07, 6.45) is 0. The van der Waals surface area contributed by atoms with Crippen molar-refractivity contribution in [2.45, 2.75) is 33.2 Å². The molecule has 0 aromatic rings. The summed E-state index contributed by atoms with van der Waals surface area (Å²) in [4.78, 5) is 14.3. The first-order valence-corrected chi connectivity index (χ1v) is 6.97. The van der Waals surface area contributed by atoms with Gasteiger partial charge >= 0.3 is 5.97 Å². The van der Waals surface area contributed by atoms with Crippen LogP contribution in [0, 0.1) is 5.92 Å². The Morgan fingerprint density at radius 2 is 2.05 bits per heavy atom. The second-order valence-corrected chi connectivity index (χ2v) is 5.42. The van der Waals surface area contributed by atoms with Crippen molar-refractivity contribution in [1.29, 1.82) is 0 Å². The molecule has 0 aliphatic rings. The van der Waals surface area contributed by atoms with Gasteiger partial charge < -0.3 is 14.8 Å². The fourth-order valence-electron chi connectivity index (χ4n) is 1.95. The SMILES string of the molecule is CCOC(=O)C(C)(CN(CCOC)CC(C)C)NC. The second kappa shape index (κ2) is 9.28. The van der Waals surface area contributed by atoms with E-state index in [9.17, 15) is 4.79 Å². The van der Waals surface area contributed by atoms with Gasteiger partial charge in [-0.2, -0.15) is 0 Å². The average molecular weight is 274 g/mol. The number of esters is 1. The number of likely N-dealkylation sites (N-methyl/N-ethyl adjacent to an activating group) is 1. The molecule has 0 rings (SSSR count). The number of hydrogen-bond donors (Lipinski definition) is 1. The van der Waals surface area contributed by atoms with E-state index in [1.165, 1.54) is 0 Å². The van der Waals surface area contributed by atoms with Crippen molar-refractivity contribution < 1.29 is 14.3 Å². The summed E-state index contributed by atoms with van der Waals surface area (Å²) in [5.74, 6) is 0.337. The van der Waals surface area contributed by atoms with Gasteiger partial charge in [0.1, 0.15) is 5.54 Å². The van der Waals surface area contributed by atoms with Gasteiger partial charge in [0.15, 0.2) is 0 Å². The quantitative estimate of drug-likeness (QED) is 0.605. The predicted molar refractivity (Wildman–Crippen MR) is 77.3 cm³/mol. The highest BCUT2D eigenvalue weighted by atomic mass is 16.5. The summed E-state index contributed by atoms with van der Waals surface area (Å²) in [7, 11) is 3.48. The number of rotatable bonds is 10. The maximum absolute atomic E-state index is 12.0. The van der Waals surface area contributed by atoms with Crippen molar-refractivity contribution in [3.8, 4) is 0 Å². The number of ether oxygens (including phenoxy) is 2. The van der Waals surface area contributed by atoms with Gasteiger partial charge in [-0.1, -0.05) is 13.8 Å². The lowest BCUT2D eigenvalue weighted by Crippen LogP contribution is -2.57. The van der Waals surface area contributed by atoms with Crippen LogP contribution < -0.4 is 5.32 Å². The van der Waals surface area contributed by atoms with Crippen LogP contribution in [0.15, 0.2) is 0 Å². The molecule has 0 fully saturated rings. The van der Waals surface area contributed by atoms with E-state index in [0.29, 0.717) is 25.7 Å². The molecule has 5 heteroatoms. The summed E-state index contributed by atoms with van der Waals surface area (Å²) in [5, 5.41) is 3.09. The van der Waals surface area contributed by atoms with Gasteiger partial charge in [-0.05, 0) is 26.8 Å². The first-order valence-electron chi connectivity index (χ1n) is 6.97. The number of hydrogen-bond acceptors (Lipinski definition) is 5. The highest BCUT2D eigenvalue weighted by Crippen LogP contribution is 2.11. The normalized spacial score (nSPS) is 14.7. The van der Waals surface area contributed by atoms with Crippen LogP contribution in [0.5, 0.6) is 0 Å². The van der Waals surface area contributed by atoms with Gasteiger partial charge in [0.05, 0.1) is 13.2 Å². The molecular formula is C14H30N2O3. The van der Waals surface area contributed by atoms with Crippen molar-refractivity contribution in [2.24, 2.45) is 5.92 Å². The summed E-state index contributed by atoms with van der Waals surface area (Å²) in [6, 6.07) is 0. The van der Waals surface area contributed by atoms with Crippen LogP contribution in [0.25, 0.3) is 0 Å². The minimum Gasteiger partial charge on any atom is -0.465 e. The van der Waals surface area contributed by atoms with Crippen LogP contribution in [-0.2, 0) is 14.3 Å². The van der Waals surface area contributed by atoms with Gasteiger partial charge in [-0.25, -0.2) is 0 Å². The van der Waals surface area contributed by atoms with E-state index in [2.05, 4.69) is 24.1 Å². The third kappa shape index (κ3) is 6.89. The van der Waals surface area contributed by atoms with E-state index < -0.39 is 5.54 Å². The van der Waals surface area contributed by atoms with Gasteiger partial charge in [0, 0.05) is 26.7 Å². The molecule has 0 aliphatic carbocycles. The van der Waals surface area contributed by atoms with Crippen LogP contribution in [0.2, 0.25) is 0 Å². The largest absolute Gasteiger partial charge is 0.465 e. The molecule has 0 radical (unpaired) electrons. The molecule has 0 amide bonds. The van der Waals surface area contributed by atoms with E-state index in [-0.39, 0.29) is 5.97 Å². The average Bonchev–Trinajstić information content (AvgIpc) is 2.35. The minimum absolute atomic E-state index is 0.205. The minimum atomic E-state index is -0.682. The standard InChI is InChI=1S/C14H30N2O3/c1-7-19-13(17)14(4,15-5)11-16(8-9-18-6)10-12(2)3/h12,15H,7-11H2,1-6H3. The summed E-state index contributed by atoms with van der Waals surface area (Å²) < 4.78 is 10.3. The molecule has 0 aromatic carbocycles. The van der Waals surface area contributed by atoms with Crippen LogP contribution in [0.1, 0.15) is 27.7 Å². The van der Waals surface area contributed by atoms with Gasteiger partial charge in [0.25, 0.3) is 0 Å². The molecule has 0 heterocycles. The number of carbonyl (C=O) groups is 1. The highest BCUT2D eigenvalue weighted by Gasteiger charge is 2.35. The summed E-state index contributed by atoms with van der Waals surface area (Å²) in [6.45, 7) is 11.5. The zero-order valence-corrected chi connectivity index (χ0v) is 13.3. The van der Waals surface area contributed by atoms with Gasteiger partial charge in [-0.15, -0.1) is 0 Å². The van der Waals surface area contributed by atoms with Crippen LogP contribution in [0.3, 0.4) is 0 Å². The maximum Gasteiger partial charge on any atom is 0.327 e. The summed E-state index contributed by atoms with van der Waals surface area (Å²) >= 11 is 0. The molecule has 19 heavy (non-hydrogen) atoms. The predicted octanol–water partition coefficient (Wildman–Crippen LogP) is 1.13. The van der Waals surface area contributed by atoms with Crippen molar-refractivity contribution in [1.82, 2.24) is 10.2 Å². The van der Waals surface area contributed by atoms with E-state index in [4.69, 9.17) is 9.47 Å². The lowest BCUT2D eigenvalue weighted by atomic mass is 10.0. The van der Waals surface area contributed by atoms with Crippen LogP contribution in [-0.4, -0.2) is 63.4 Å².